The van der Waals surface area contributed by atoms with Crippen LogP contribution in [-0.4, -0.2) is 5.91 Å². The zero-order valence-electron chi connectivity index (χ0n) is 15.7. The third-order valence-corrected chi connectivity index (χ3v) is 6.29. The highest BCUT2D eigenvalue weighted by Gasteiger charge is 2.51. The standard InChI is InChI=1S/C24H26N2O/c25-16-15-24(17-19-9-3-1-4-10-19)21-13-7-8-14-22(21)26(23(24)27)18-20-11-5-2-6-12-20/h2,5-8,11-14,19H,1,3-4,9-10,15,17-18H2/t24-/m1/s1. The second-order valence-electron chi connectivity index (χ2n) is 8.02. The van der Waals surface area contributed by atoms with Crippen molar-refractivity contribution in [2.24, 2.45) is 5.92 Å². The Morgan fingerprint density at radius 3 is 2.44 bits per heavy atom. The molecular weight excluding hydrogens is 332 g/mol. The van der Waals surface area contributed by atoms with Gasteiger partial charge in [-0.15, -0.1) is 0 Å². The van der Waals surface area contributed by atoms with Gasteiger partial charge in [0.1, 0.15) is 0 Å². The number of benzene rings is 2. The number of rotatable bonds is 5. The van der Waals surface area contributed by atoms with E-state index in [0.29, 0.717) is 12.5 Å². The molecule has 0 bridgehead atoms. The molecule has 0 aromatic heterocycles. The lowest BCUT2D eigenvalue weighted by atomic mass is 9.69. The SMILES string of the molecule is N#CC[C@]1(CC2CCCCC2)C(=O)N(Cc2ccccc2)c2ccccc21. The number of hydrogen-bond donors (Lipinski definition) is 0. The predicted molar refractivity (Wildman–Crippen MR) is 107 cm³/mol. The van der Waals surface area contributed by atoms with E-state index in [1.807, 2.05) is 41.3 Å². The zero-order chi connectivity index (χ0) is 18.7. The highest BCUT2D eigenvalue weighted by molar-refractivity contribution is 6.08. The lowest BCUT2D eigenvalue weighted by Gasteiger charge is -2.32. The van der Waals surface area contributed by atoms with Gasteiger partial charge in [-0.2, -0.15) is 5.26 Å². The Bertz CT molecular complexity index is 848. The molecule has 0 saturated heterocycles. The minimum atomic E-state index is -0.678. The molecule has 4 rings (SSSR count). The monoisotopic (exact) mass is 358 g/mol. The van der Waals surface area contributed by atoms with E-state index >= 15 is 0 Å². The average molecular weight is 358 g/mol. The third-order valence-electron chi connectivity index (χ3n) is 6.29. The molecule has 0 N–H and O–H groups in total. The first-order valence-electron chi connectivity index (χ1n) is 10.1. The van der Waals surface area contributed by atoms with Crippen molar-refractivity contribution in [2.45, 2.75) is 56.9 Å². The van der Waals surface area contributed by atoms with Crippen LogP contribution in [0.5, 0.6) is 0 Å². The predicted octanol–water partition coefficient (Wildman–Crippen LogP) is 5.36. The van der Waals surface area contributed by atoms with Gasteiger partial charge < -0.3 is 4.90 Å². The molecule has 1 aliphatic carbocycles. The van der Waals surface area contributed by atoms with Crippen LogP contribution in [0.4, 0.5) is 5.69 Å². The maximum atomic E-state index is 13.7. The topological polar surface area (TPSA) is 44.1 Å². The van der Waals surface area contributed by atoms with E-state index in [4.69, 9.17) is 0 Å². The number of nitrogens with zero attached hydrogens (tertiary/aromatic N) is 2. The van der Waals surface area contributed by atoms with E-state index in [0.717, 1.165) is 23.2 Å². The summed E-state index contributed by atoms with van der Waals surface area (Å²) in [6.45, 7) is 0.564. The molecule has 2 aromatic rings. The maximum Gasteiger partial charge on any atom is 0.239 e. The van der Waals surface area contributed by atoms with Crippen molar-refractivity contribution in [1.82, 2.24) is 0 Å². The van der Waals surface area contributed by atoms with Crippen molar-refractivity contribution in [3.63, 3.8) is 0 Å². The molecule has 138 valence electrons. The van der Waals surface area contributed by atoms with Gasteiger partial charge in [0.25, 0.3) is 0 Å². The van der Waals surface area contributed by atoms with Crippen LogP contribution in [0.1, 0.15) is 56.1 Å². The van der Waals surface area contributed by atoms with Crippen LogP contribution in [0.15, 0.2) is 54.6 Å². The quantitative estimate of drug-likeness (QED) is 0.722. The smallest absolute Gasteiger partial charge is 0.239 e. The van der Waals surface area contributed by atoms with E-state index in [-0.39, 0.29) is 12.3 Å². The number of carbonyl (C=O) groups is 1. The Kier molecular flexibility index (Phi) is 4.99. The molecule has 1 heterocycles. The normalized spacial score (nSPS) is 22.5. The van der Waals surface area contributed by atoms with Crippen molar-refractivity contribution in [3.05, 3.63) is 65.7 Å². The highest BCUT2D eigenvalue weighted by atomic mass is 16.2. The van der Waals surface area contributed by atoms with E-state index < -0.39 is 5.41 Å². The summed E-state index contributed by atoms with van der Waals surface area (Å²) in [5.74, 6) is 0.653. The van der Waals surface area contributed by atoms with Gasteiger partial charge in [-0.25, -0.2) is 0 Å². The van der Waals surface area contributed by atoms with Gasteiger partial charge in [0, 0.05) is 5.69 Å². The fraction of sp³-hybridized carbons (Fsp3) is 0.417. The van der Waals surface area contributed by atoms with E-state index in [1.165, 1.54) is 32.1 Å². The summed E-state index contributed by atoms with van der Waals surface area (Å²) in [4.78, 5) is 15.6. The van der Waals surface area contributed by atoms with Crippen molar-refractivity contribution in [3.8, 4) is 6.07 Å². The molecule has 1 atom stereocenters. The number of hydrogen-bond acceptors (Lipinski definition) is 2. The molecule has 3 nitrogen and oxygen atoms in total. The zero-order valence-corrected chi connectivity index (χ0v) is 15.7. The minimum absolute atomic E-state index is 0.111. The summed E-state index contributed by atoms with van der Waals surface area (Å²) in [5, 5.41) is 9.62. The number of fused-ring (bicyclic) bond motifs is 1. The third kappa shape index (κ3) is 3.25. The molecule has 27 heavy (non-hydrogen) atoms. The van der Waals surface area contributed by atoms with Crippen LogP contribution in [0.2, 0.25) is 0 Å². The second kappa shape index (κ2) is 7.56. The molecule has 2 aromatic carbocycles. The summed E-state index contributed by atoms with van der Waals surface area (Å²) < 4.78 is 0. The molecular formula is C24H26N2O. The first kappa shape index (κ1) is 17.8. The van der Waals surface area contributed by atoms with E-state index in [9.17, 15) is 10.1 Å². The molecule has 1 fully saturated rings. The minimum Gasteiger partial charge on any atom is -0.307 e. The Labute approximate surface area is 161 Å². The van der Waals surface area contributed by atoms with Gasteiger partial charge in [0.05, 0.1) is 24.4 Å². The summed E-state index contributed by atoms with van der Waals surface area (Å²) in [6.07, 6.45) is 7.23. The van der Waals surface area contributed by atoms with Crippen molar-refractivity contribution >= 4 is 11.6 Å². The van der Waals surface area contributed by atoms with Crippen LogP contribution < -0.4 is 4.90 Å². The first-order valence-corrected chi connectivity index (χ1v) is 10.1. The lowest BCUT2D eigenvalue weighted by Crippen LogP contribution is -2.41. The number of anilines is 1. The number of carbonyl (C=O) groups excluding carboxylic acids is 1. The van der Waals surface area contributed by atoms with Crippen LogP contribution >= 0.6 is 0 Å². The molecule has 2 aliphatic rings. The van der Waals surface area contributed by atoms with Gasteiger partial charge in [-0.05, 0) is 29.5 Å². The van der Waals surface area contributed by atoms with E-state index in [2.05, 4.69) is 24.3 Å². The van der Waals surface area contributed by atoms with Crippen LogP contribution in [0.25, 0.3) is 0 Å². The van der Waals surface area contributed by atoms with Crippen molar-refractivity contribution in [1.29, 1.82) is 5.26 Å². The number of para-hydroxylation sites is 1. The summed E-state index contributed by atoms with van der Waals surface area (Å²) in [5.41, 5.74) is 2.48. The summed E-state index contributed by atoms with van der Waals surface area (Å²) >= 11 is 0. The second-order valence-corrected chi connectivity index (χ2v) is 8.02. The molecule has 0 spiro atoms. The van der Waals surface area contributed by atoms with Crippen molar-refractivity contribution < 1.29 is 4.79 Å². The first-order chi connectivity index (χ1) is 13.2. The fourth-order valence-electron chi connectivity index (χ4n) is 4.98. The van der Waals surface area contributed by atoms with Crippen LogP contribution in [0.3, 0.4) is 0 Å². The summed E-state index contributed by atoms with van der Waals surface area (Å²) in [6, 6.07) is 20.6. The van der Waals surface area contributed by atoms with Gasteiger partial charge in [-0.1, -0.05) is 80.6 Å². The molecule has 1 saturated carbocycles. The van der Waals surface area contributed by atoms with Gasteiger partial charge >= 0.3 is 0 Å². The van der Waals surface area contributed by atoms with Gasteiger partial charge in [0.2, 0.25) is 5.91 Å². The lowest BCUT2D eigenvalue weighted by molar-refractivity contribution is -0.124. The molecule has 0 unspecified atom stereocenters. The van der Waals surface area contributed by atoms with Gasteiger partial charge in [-0.3, -0.25) is 4.79 Å². The van der Waals surface area contributed by atoms with Crippen LogP contribution in [-0.2, 0) is 16.8 Å². The molecule has 1 amide bonds. The molecule has 1 aliphatic heterocycles. The van der Waals surface area contributed by atoms with Crippen molar-refractivity contribution in [2.75, 3.05) is 4.90 Å². The maximum absolute atomic E-state index is 13.7. The molecule has 3 heteroatoms. The fourth-order valence-corrected chi connectivity index (χ4v) is 4.98. The van der Waals surface area contributed by atoms with E-state index in [1.54, 1.807) is 0 Å². The van der Waals surface area contributed by atoms with Gasteiger partial charge in [0.15, 0.2) is 0 Å². The Morgan fingerprint density at radius 2 is 1.70 bits per heavy atom. The Hall–Kier alpha value is -2.60. The largest absolute Gasteiger partial charge is 0.307 e. The molecule has 0 radical (unpaired) electrons. The Morgan fingerprint density at radius 1 is 1.00 bits per heavy atom. The Balaban J connectivity index is 1.72. The highest BCUT2D eigenvalue weighted by Crippen LogP contribution is 2.49. The average Bonchev–Trinajstić information content (AvgIpc) is 2.93. The van der Waals surface area contributed by atoms with Crippen LogP contribution in [0, 0.1) is 17.2 Å². The summed E-state index contributed by atoms with van der Waals surface area (Å²) in [7, 11) is 0. The number of amides is 1. The number of nitriles is 1.